The van der Waals surface area contributed by atoms with Gasteiger partial charge in [0.2, 0.25) is 0 Å². The molecule has 0 aliphatic carbocycles. The molecule has 8 heteroatoms. The highest BCUT2D eigenvalue weighted by Crippen LogP contribution is 2.29. The molecular weight excluding hydrogens is 357 g/mol. The summed E-state index contributed by atoms with van der Waals surface area (Å²) in [4.78, 5) is 12.8. The van der Waals surface area contributed by atoms with Crippen molar-refractivity contribution in [3.8, 4) is 5.82 Å². The summed E-state index contributed by atoms with van der Waals surface area (Å²) in [7, 11) is 0. The fourth-order valence-electron chi connectivity index (χ4n) is 2.91. The van der Waals surface area contributed by atoms with Crippen LogP contribution in [0.15, 0.2) is 71.8 Å². The lowest BCUT2D eigenvalue weighted by Gasteiger charge is -2.12. The molecule has 4 aromatic rings. The van der Waals surface area contributed by atoms with Crippen LogP contribution in [0.5, 0.6) is 0 Å². The van der Waals surface area contributed by atoms with Crippen LogP contribution in [0, 0.1) is 0 Å². The SMILES string of the molecule is O=c1c2ccccc2c(-n2cccn2)nn1Cc1cccc(C(F)(F)F)c1. The van der Waals surface area contributed by atoms with Crippen LogP contribution in [-0.2, 0) is 12.7 Å². The van der Waals surface area contributed by atoms with Gasteiger partial charge in [-0.15, -0.1) is 5.10 Å². The van der Waals surface area contributed by atoms with Gasteiger partial charge >= 0.3 is 6.18 Å². The Labute approximate surface area is 151 Å². The van der Waals surface area contributed by atoms with Crippen molar-refractivity contribution in [2.45, 2.75) is 12.7 Å². The van der Waals surface area contributed by atoms with Crippen molar-refractivity contribution >= 4 is 10.8 Å². The van der Waals surface area contributed by atoms with Crippen molar-refractivity contribution in [2.24, 2.45) is 0 Å². The Kier molecular flexibility index (Phi) is 4.02. The van der Waals surface area contributed by atoms with Gasteiger partial charge in [0.25, 0.3) is 5.56 Å². The van der Waals surface area contributed by atoms with Crippen molar-refractivity contribution < 1.29 is 13.2 Å². The molecule has 0 unspecified atom stereocenters. The van der Waals surface area contributed by atoms with Crippen molar-refractivity contribution in [1.82, 2.24) is 19.6 Å². The summed E-state index contributed by atoms with van der Waals surface area (Å²) in [6.07, 6.45) is -1.18. The molecule has 136 valence electrons. The highest BCUT2D eigenvalue weighted by Gasteiger charge is 2.30. The van der Waals surface area contributed by atoms with Crippen LogP contribution in [0.1, 0.15) is 11.1 Å². The van der Waals surface area contributed by atoms with Gasteiger partial charge in [0, 0.05) is 17.8 Å². The third-order valence-electron chi connectivity index (χ3n) is 4.16. The maximum absolute atomic E-state index is 12.9. The first-order valence-electron chi connectivity index (χ1n) is 8.09. The molecule has 0 spiro atoms. The molecule has 0 saturated carbocycles. The van der Waals surface area contributed by atoms with Crippen molar-refractivity contribution in [1.29, 1.82) is 0 Å². The largest absolute Gasteiger partial charge is 0.416 e. The van der Waals surface area contributed by atoms with E-state index in [1.807, 2.05) is 0 Å². The van der Waals surface area contributed by atoms with E-state index in [2.05, 4.69) is 10.2 Å². The van der Waals surface area contributed by atoms with Gasteiger partial charge in [-0.05, 0) is 29.8 Å². The van der Waals surface area contributed by atoms with Gasteiger partial charge in [-0.3, -0.25) is 4.79 Å². The lowest BCUT2D eigenvalue weighted by atomic mass is 10.1. The zero-order valence-electron chi connectivity index (χ0n) is 13.9. The van der Waals surface area contributed by atoms with Gasteiger partial charge in [-0.1, -0.05) is 30.3 Å². The van der Waals surface area contributed by atoms with E-state index in [0.29, 0.717) is 22.2 Å². The number of fused-ring (bicyclic) bond motifs is 1. The molecule has 0 aliphatic heterocycles. The molecule has 2 heterocycles. The molecule has 0 bridgehead atoms. The fraction of sp³-hybridized carbons (Fsp3) is 0.105. The van der Waals surface area contributed by atoms with Crippen LogP contribution in [0.4, 0.5) is 13.2 Å². The van der Waals surface area contributed by atoms with Crippen LogP contribution in [0.2, 0.25) is 0 Å². The number of aromatic nitrogens is 4. The van der Waals surface area contributed by atoms with Crippen LogP contribution in [0.25, 0.3) is 16.6 Å². The maximum Gasteiger partial charge on any atom is 0.416 e. The van der Waals surface area contributed by atoms with Gasteiger partial charge in [-0.25, -0.2) is 9.36 Å². The molecule has 0 atom stereocenters. The van der Waals surface area contributed by atoms with Gasteiger partial charge in [0.05, 0.1) is 17.5 Å². The average molecular weight is 370 g/mol. The summed E-state index contributed by atoms with van der Waals surface area (Å²) >= 11 is 0. The molecule has 4 rings (SSSR count). The van der Waals surface area contributed by atoms with Crippen molar-refractivity contribution in [2.75, 3.05) is 0 Å². The third kappa shape index (κ3) is 3.21. The van der Waals surface area contributed by atoms with Crippen molar-refractivity contribution in [3.63, 3.8) is 0 Å². The Morgan fingerprint density at radius 2 is 1.74 bits per heavy atom. The molecule has 2 aromatic carbocycles. The summed E-state index contributed by atoms with van der Waals surface area (Å²) in [6, 6.07) is 13.5. The molecular formula is C19H13F3N4O. The van der Waals surface area contributed by atoms with Crippen molar-refractivity contribution in [3.05, 3.63) is 88.5 Å². The zero-order valence-corrected chi connectivity index (χ0v) is 13.9. The minimum absolute atomic E-state index is 0.0815. The Morgan fingerprint density at radius 3 is 2.44 bits per heavy atom. The summed E-state index contributed by atoms with van der Waals surface area (Å²) in [5.41, 5.74) is -0.804. The minimum atomic E-state index is -4.45. The Hall–Kier alpha value is -3.42. The second kappa shape index (κ2) is 6.39. The Bertz CT molecular complexity index is 1160. The van der Waals surface area contributed by atoms with Crippen LogP contribution >= 0.6 is 0 Å². The number of nitrogens with zero attached hydrogens (tertiary/aromatic N) is 4. The molecule has 27 heavy (non-hydrogen) atoms. The van der Waals surface area contributed by atoms with Gasteiger partial charge in [-0.2, -0.15) is 18.3 Å². The average Bonchev–Trinajstić information content (AvgIpc) is 3.18. The monoisotopic (exact) mass is 370 g/mol. The third-order valence-corrected chi connectivity index (χ3v) is 4.16. The number of rotatable bonds is 3. The predicted octanol–water partition coefficient (Wildman–Crippen LogP) is 3.65. The first kappa shape index (κ1) is 17.0. The standard InChI is InChI=1S/C19H13F3N4O/c20-19(21,22)14-6-3-5-13(11-14)12-26-18(27)16-8-2-1-7-15(16)17(24-26)25-10-4-9-23-25/h1-11H,12H2. The van der Waals surface area contributed by atoms with E-state index in [-0.39, 0.29) is 12.1 Å². The smallest absolute Gasteiger partial charge is 0.267 e. The topological polar surface area (TPSA) is 52.7 Å². The molecule has 0 radical (unpaired) electrons. The maximum atomic E-state index is 12.9. The highest BCUT2D eigenvalue weighted by atomic mass is 19.4. The Morgan fingerprint density at radius 1 is 0.963 bits per heavy atom. The van der Waals surface area contributed by atoms with E-state index in [9.17, 15) is 18.0 Å². The summed E-state index contributed by atoms with van der Waals surface area (Å²) in [5.74, 6) is 0.433. The summed E-state index contributed by atoms with van der Waals surface area (Å²) < 4.78 is 41.5. The number of alkyl halides is 3. The highest BCUT2D eigenvalue weighted by molar-refractivity contribution is 5.87. The van der Waals surface area contributed by atoms with Gasteiger partial charge in [0.15, 0.2) is 5.82 Å². The first-order chi connectivity index (χ1) is 12.9. The molecule has 0 amide bonds. The van der Waals surface area contributed by atoms with E-state index in [1.165, 1.54) is 16.8 Å². The van der Waals surface area contributed by atoms with Gasteiger partial charge < -0.3 is 0 Å². The lowest BCUT2D eigenvalue weighted by Crippen LogP contribution is -2.25. The second-order valence-corrected chi connectivity index (χ2v) is 5.98. The first-order valence-corrected chi connectivity index (χ1v) is 8.09. The number of halogens is 3. The van der Waals surface area contributed by atoms with Crippen LogP contribution < -0.4 is 5.56 Å². The van der Waals surface area contributed by atoms with Crippen LogP contribution in [-0.4, -0.2) is 19.6 Å². The number of hydrogen-bond acceptors (Lipinski definition) is 3. The van der Waals surface area contributed by atoms with E-state index >= 15 is 0 Å². The second-order valence-electron chi connectivity index (χ2n) is 5.98. The quantitative estimate of drug-likeness (QED) is 0.553. The predicted molar refractivity (Wildman–Crippen MR) is 93.7 cm³/mol. The molecule has 0 fully saturated rings. The van der Waals surface area contributed by atoms with E-state index in [4.69, 9.17) is 0 Å². The zero-order chi connectivity index (χ0) is 19.0. The molecule has 5 nitrogen and oxygen atoms in total. The van der Waals surface area contributed by atoms with E-state index in [1.54, 1.807) is 42.7 Å². The summed E-state index contributed by atoms with van der Waals surface area (Å²) in [6.45, 7) is -0.0815. The van der Waals surface area contributed by atoms with Crippen LogP contribution in [0.3, 0.4) is 0 Å². The van der Waals surface area contributed by atoms with E-state index < -0.39 is 11.7 Å². The van der Waals surface area contributed by atoms with E-state index in [0.717, 1.165) is 16.8 Å². The molecule has 0 N–H and O–H groups in total. The Balaban J connectivity index is 1.86. The van der Waals surface area contributed by atoms with Gasteiger partial charge in [0.1, 0.15) is 0 Å². The lowest BCUT2D eigenvalue weighted by molar-refractivity contribution is -0.137. The fourth-order valence-corrected chi connectivity index (χ4v) is 2.91. The molecule has 0 aliphatic rings. The minimum Gasteiger partial charge on any atom is -0.267 e. The number of hydrogen-bond donors (Lipinski definition) is 0. The molecule has 2 aromatic heterocycles. The normalized spacial score (nSPS) is 11.8. The number of benzene rings is 2. The summed E-state index contributed by atoms with van der Waals surface area (Å²) in [5, 5.41) is 9.54. The molecule has 0 saturated heterocycles.